The number of anilines is 2. The van der Waals surface area contributed by atoms with Gasteiger partial charge in [-0.2, -0.15) is 0 Å². The minimum Gasteiger partial charge on any atom is -0.478 e. The first-order chi connectivity index (χ1) is 9.00. The number of rotatable bonds is 3. The fraction of sp³-hybridized carbons (Fsp3) is 0.133. The van der Waals surface area contributed by atoms with Crippen LogP contribution in [0.3, 0.4) is 0 Å². The molecule has 0 aliphatic heterocycles. The second-order valence-electron chi connectivity index (χ2n) is 4.31. The molecule has 0 heterocycles. The molecule has 0 amide bonds. The molecule has 0 aliphatic carbocycles. The van der Waals surface area contributed by atoms with E-state index in [1.807, 2.05) is 43.1 Å². The average Bonchev–Trinajstić information content (AvgIpc) is 2.38. The third kappa shape index (κ3) is 2.57. The first kappa shape index (κ1) is 13.1. The van der Waals surface area contributed by atoms with Gasteiger partial charge in [-0.25, -0.2) is 9.18 Å². The summed E-state index contributed by atoms with van der Waals surface area (Å²) in [5.74, 6) is -1.99. The lowest BCUT2D eigenvalue weighted by molar-refractivity contribution is 0.0692. The normalized spacial score (nSPS) is 10.3. The van der Waals surface area contributed by atoms with Crippen molar-refractivity contribution in [1.29, 1.82) is 0 Å². The SMILES string of the molecule is Cc1ccccc1N(C)c1ccc(C(=O)O)c(F)c1. The lowest BCUT2D eigenvalue weighted by Crippen LogP contribution is -2.12. The highest BCUT2D eigenvalue weighted by atomic mass is 19.1. The molecule has 0 unspecified atom stereocenters. The maximum absolute atomic E-state index is 13.7. The Labute approximate surface area is 110 Å². The maximum atomic E-state index is 13.7. The quantitative estimate of drug-likeness (QED) is 0.915. The molecule has 3 nitrogen and oxygen atoms in total. The molecule has 4 heteroatoms. The number of para-hydroxylation sites is 1. The summed E-state index contributed by atoms with van der Waals surface area (Å²) in [4.78, 5) is 12.6. The van der Waals surface area contributed by atoms with Gasteiger partial charge in [0.15, 0.2) is 0 Å². The van der Waals surface area contributed by atoms with Gasteiger partial charge in [-0.15, -0.1) is 0 Å². The van der Waals surface area contributed by atoms with Crippen LogP contribution < -0.4 is 4.90 Å². The summed E-state index contributed by atoms with van der Waals surface area (Å²) in [6, 6.07) is 11.8. The number of carbonyl (C=O) groups is 1. The van der Waals surface area contributed by atoms with Gasteiger partial charge in [0.2, 0.25) is 0 Å². The van der Waals surface area contributed by atoms with Crippen molar-refractivity contribution in [2.75, 3.05) is 11.9 Å². The highest BCUT2D eigenvalue weighted by Crippen LogP contribution is 2.27. The van der Waals surface area contributed by atoms with Crippen LogP contribution in [-0.4, -0.2) is 18.1 Å². The zero-order chi connectivity index (χ0) is 14.0. The summed E-state index contributed by atoms with van der Waals surface area (Å²) < 4.78 is 13.7. The third-order valence-corrected chi connectivity index (χ3v) is 3.05. The Kier molecular flexibility index (Phi) is 3.51. The van der Waals surface area contributed by atoms with E-state index in [1.54, 1.807) is 6.07 Å². The van der Waals surface area contributed by atoms with E-state index in [1.165, 1.54) is 12.1 Å². The zero-order valence-corrected chi connectivity index (χ0v) is 10.7. The highest BCUT2D eigenvalue weighted by Gasteiger charge is 2.13. The van der Waals surface area contributed by atoms with Crippen molar-refractivity contribution in [3.05, 3.63) is 59.4 Å². The van der Waals surface area contributed by atoms with Crippen LogP contribution in [0.4, 0.5) is 15.8 Å². The van der Waals surface area contributed by atoms with E-state index in [-0.39, 0.29) is 5.56 Å². The monoisotopic (exact) mass is 259 g/mol. The van der Waals surface area contributed by atoms with E-state index in [9.17, 15) is 9.18 Å². The van der Waals surface area contributed by atoms with Gasteiger partial charge in [-0.3, -0.25) is 0 Å². The molecule has 0 spiro atoms. The van der Waals surface area contributed by atoms with E-state index >= 15 is 0 Å². The van der Waals surface area contributed by atoms with Crippen LogP contribution in [0.2, 0.25) is 0 Å². The summed E-state index contributed by atoms with van der Waals surface area (Å²) in [5.41, 5.74) is 2.30. The molecular weight excluding hydrogens is 245 g/mol. The molecule has 0 saturated carbocycles. The number of hydrogen-bond acceptors (Lipinski definition) is 2. The molecule has 0 atom stereocenters. The number of nitrogens with zero attached hydrogens (tertiary/aromatic N) is 1. The van der Waals surface area contributed by atoms with Gasteiger partial charge in [-0.1, -0.05) is 18.2 Å². The number of carboxylic acids is 1. The molecule has 1 N–H and O–H groups in total. The van der Waals surface area contributed by atoms with Crippen LogP contribution in [-0.2, 0) is 0 Å². The van der Waals surface area contributed by atoms with Crippen molar-refractivity contribution in [3.63, 3.8) is 0 Å². The minimum atomic E-state index is -1.26. The van der Waals surface area contributed by atoms with E-state index in [4.69, 9.17) is 5.11 Å². The molecule has 0 saturated heterocycles. The van der Waals surface area contributed by atoms with Crippen molar-refractivity contribution in [2.24, 2.45) is 0 Å². The van der Waals surface area contributed by atoms with E-state index in [0.29, 0.717) is 5.69 Å². The second kappa shape index (κ2) is 5.10. The number of aryl methyl sites for hydroxylation is 1. The summed E-state index contributed by atoms with van der Waals surface area (Å²) in [6.45, 7) is 1.97. The Morgan fingerprint density at radius 2 is 1.89 bits per heavy atom. The molecule has 0 aliphatic rings. The molecule has 2 aromatic rings. The zero-order valence-electron chi connectivity index (χ0n) is 10.7. The van der Waals surface area contributed by atoms with Gasteiger partial charge in [-0.05, 0) is 36.8 Å². The highest BCUT2D eigenvalue weighted by molar-refractivity contribution is 5.88. The molecule has 0 radical (unpaired) electrons. The molecule has 2 aromatic carbocycles. The Balaban J connectivity index is 2.40. The molecule has 0 bridgehead atoms. The smallest absolute Gasteiger partial charge is 0.338 e. The number of benzene rings is 2. The minimum absolute atomic E-state index is 0.318. The van der Waals surface area contributed by atoms with Gasteiger partial charge >= 0.3 is 5.97 Å². The van der Waals surface area contributed by atoms with Crippen LogP contribution in [0.25, 0.3) is 0 Å². The van der Waals surface area contributed by atoms with E-state index in [0.717, 1.165) is 11.3 Å². The molecule has 0 aromatic heterocycles. The Hall–Kier alpha value is -2.36. The van der Waals surface area contributed by atoms with Crippen LogP contribution in [0.5, 0.6) is 0 Å². The van der Waals surface area contributed by atoms with Crippen LogP contribution >= 0.6 is 0 Å². The van der Waals surface area contributed by atoms with Crippen LogP contribution in [0, 0.1) is 12.7 Å². The predicted octanol–water partition coefficient (Wildman–Crippen LogP) is 3.60. The first-order valence-electron chi connectivity index (χ1n) is 5.83. The second-order valence-corrected chi connectivity index (χ2v) is 4.31. The molecule has 2 rings (SSSR count). The van der Waals surface area contributed by atoms with E-state index < -0.39 is 11.8 Å². The van der Waals surface area contributed by atoms with Gasteiger partial charge in [0, 0.05) is 18.4 Å². The largest absolute Gasteiger partial charge is 0.478 e. The Morgan fingerprint density at radius 3 is 2.47 bits per heavy atom. The average molecular weight is 259 g/mol. The van der Waals surface area contributed by atoms with Crippen molar-refractivity contribution in [3.8, 4) is 0 Å². The maximum Gasteiger partial charge on any atom is 0.338 e. The fourth-order valence-electron chi connectivity index (χ4n) is 1.96. The van der Waals surface area contributed by atoms with Gasteiger partial charge in [0.05, 0.1) is 5.56 Å². The number of halogens is 1. The standard InChI is InChI=1S/C15H14FNO2/c1-10-5-3-4-6-14(10)17(2)11-7-8-12(15(18)19)13(16)9-11/h3-9H,1-2H3,(H,18,19). The van der Waals surface area contributed by atoms with Gasteiger partial charge in [0.25, 0.3) is 0 Å². The lowest BCUT2D eigenvalue weighted by Gasteiger charge is -2.21. The molecule has 98 valence electrons. The van der Waals surface area contributed by atoms with Crippen LogP contribution in [0.1, 0.15) is 15.9 Å². The Bertz CT molecular complexity index is 625. The molecule has 0 fully saturated rings. The number of hydrogen-bond donors (Lipinski definition) is 1. The van der Waals surface area contributed by atoms with Crippen molar-refractivity contribution >= 4 is 17.3 Å². The summed E-state index contributed by atoms with van der Waals surface area (Å²) in [5, 5.41) is 8.80. The summed E-state index contributed by atoms with van der Waals surface area (Å²) in [6.07, 6.45) is 0. The topological polar surface area (TPSA) is 40.5 Å². The first-order valence-corrected chi connectivity index (χ1v) is 5.83. The third-order valence-electron chi connectivity index (χ3n) is 3.05. The van der Waals surface area contributed by atoms with Gasteiger partial charge in [0.1, 0.15) is 5.82 Å². The number of aromatic carboxylic acids is 1. The van der Waals surface area contributed by atoms with Gasteiger partial charge < -0.3 is 10.0 Å². The van der Waals surface area contributed by atoms with Crippen molar-refractivity contribution < 1.29 is 14.3 Å². The van der Waals surface area contributed by atoms with Crippen LogP contribution in [0.15, 0.2) is 42.5 Å². The summed E-state index contributed by atoms with van der Waals surface area (Å²) in [7, 11) is 1.82. The predicted molar refractivity (Wildman–Crippen MR) is 72.6 cm³/mol. The molecule has 19 heavy (non-hydrogen) atoms. The molecular formula is C15H14FNO2. The van der Waals surface area contributed by atoms with E-state index in [2.05, 4.69) is 0 Å². The van der Waals surface area contributed by atoms with Crippen molar-refractivity contribution in [2.45, 2.75) is 6.92 Å². The fourth-order valence-corrected chi connectivity index (χ4v) is 1.96. The number of carboxylic acid groups (broad SMARTS) is 1. The lowest BCUT2D eigenvalue weighted by atomic mass is 10.1. The summed E-state index contributed by atoms with van der Waals surface area (Å²) >= 11 is 0. The Morgan fingerprint density at radius 1 is 1.21 bits per heavy atom. The van der Waals surface area contributed by atoms with Crippen molar-refractivity contribution in [1.82, 2.24) is 0 Å².